The van der Waals surface area contributed by atoms with Gasteiger partial charge >= 0.3 is 6.61 Å². The van der Waals surface area contributed by atoms with Crippen LogP contribution in [0.2, 0.25) is 0 Å². The zero-order valence-electron chi connectivity index (χ0n) is 17.2. The van der Waals surface area contributed by atoms with Crippen LogP contribution in [0.5, 0.6) is 11.5 Å². The van der Waals surface area contributed by atoms with Gasteiger partial charge in [-0.2, -0.15) is 13.9 Å². The highest BCUT2D eigenvalue weighted by Crippen LogP contribution is 2.34. The van der Waals surface area contributed by atoms with E-state index in [2.05, 4.69) is 20.3 Å². The highest BCUT2D eigenvalue weighted by molar-refractivity contribution is 7.71. The van der Waals surface area contributed by atoms with Gasteiger partial charge in [-0.3, -0.25) is 14.5 Å². The number of aromatic nitrogens is 3. The molecule has 2 N–H and O–H groups in total. The standard InChI is InChI=1S/C22H18F2N4O3S2/c1-30-15-7-4-13(5-8-15)16-11-14(6-9-17(16)31-21(23)24)25-19(29)12-28-20(26-27-22(28)32)18-3-2-10-33-18/h2-11,21H,12H2,1H3,(H,25,29)(H,27,32). The third kappa shape index (κ3) is 5.26. The summed E-state index contributed by atoms with van der Waals surface area (Å²) in [6.07, 6.45) is 0. The Labute approximate surface area is 196 Å². The fourth-order valence-corrected chi connectivity index (χ4v) is 4.12. The van der Waals surface area contributed by atoms with Crippen molar-refractivity contribution in [1.82, 2.24) is 14.8 Å². The Kier molecular flexibility index (Phi) is 6.80. The van der Waals surface area contributed by atoms with Crippen molar-refractivity contribution in [1.29, 1.82) is 0 Å². The van der Waals surface area contributed by atoms with Gasteiger partial charge in [-0.25, -0.2) is 0 Å². The topological polar surface area (TPSA) is 81.2 Å². The molecular formula is C22H18F2N4O3S2. The summed E-state index contributed by atoms with van der Waals surface area (Å²) in [5.41, 5.74) is 1.44. The highest BCUT2D eigenvalue weighted by Gasteiger charge is 2.16. The van der Waals surface area contributed by atoms with E-state index in [4.69, 9.17) is 17.0 Å². The van der Waals surface area contributed by atoms with Gasteiger partial charge in [0.15, 0.2) is 10.6 Å². The molecule has 33 heavy (non-hydrogen) atoms. The third-order valence-electron chi connectivity index (χ3n) is 4.68. The van der Waals surface area contributed by atoms with E-state index in [0.717, 1.165) is 4.88 Å². The Morgan fingerprint density at radius 3 is 2.70 bits per heavy atom. The van der Waals surface area contributed by atoms with Crippen molar-refractivity contribution in [2.45, 2.75) is 13.2 Å². The van der Waals surface area contributed by atoms with Crippen LogP contribution in [-0.4, -0.2) is 34.4 Å². The van der Waals surface area contributed by atoms with Gasteiger partial charge in [-0.1, -0.05) is 18.2 Å². The van der Waals surface area contributed by atoms with E-state index in [1.54, 1.807) is 34.9 Å². The average molecular weight is 489 g/mol. The number of anilines is 1. The first-order valence-electron chi connectivity index (χ1n) is 9.67. The summed E-state index contributed by atoms with van der Waals surface area (Å²) in [6, 6.07) is 15.1. The van der Waals surface area contributed by atoms with Crippen LogP contribution in [0.4, 0.5) is 14.5 Å². The maximum Gasteiger partial charge on any atom is 0.387 e. The Balaban J connectivity index is 1.59. The molecule has 0 unspecified atom stereocenters. The van der Waals surface area contributed by atoms with Gasteiger partial charge in [0.25, 0.3) is 0 Å². The van der Waals surface area contributed by atoms with Crippen molar-refractivity contribution in [3.8, 4) is 33.3 Å². The number of rotatable bonds is 8. The van der Waals surface area contributed by atoms with E-state index < -0.39 is 6.61 Å². The van der Waals surface area contributed by atoms with Gasteiger partial charge < -0.3 is 14.8 Å². The van der Waals surface area contributed by atoms with Crippen LogP contribution in [0, 0.1) is 4.77 Å². The van der Waals surface area contributed by atoms with Crippen molar-refractivity contribution < 1.29 is 23.0 Å². The molecule has 2 aromatic heterocycles. The lowest BCUT2D eigenvalue weighted by molar-refractivity contribution is -0.116. The molecule has 0 atom stereocenters. The monoisotopic (exact) mass is 488 g/mol. The predicted octanol–water partition coefficient (Wildman–Crippen LogP) is 5.58. The number of aromatic amines is 1. The normalized spacial score (nSPS) is 10.9. The maximum atomic E-state index is 12.9. The lowest BCUT2D eigenvalue weighted by atomic mass is 10.0. The lowest BCUT2D eigenvalue weighted by Gasteiger charge is -2.14. The second kappa shape index (κ2) is 9.92. The molecule has 0 saturated carbocycles. The molecule has 0 aliphatic carbocycles. The molecule has 0 fully saturated rings. The summed E-state index contributed by atoms with van der Waals surface area (Å²) in [7, 11) is 1.53. The molecule has 4 rings (SSSR count). The van der Waals surface area contributed by atoms with Crippen molar-refractivity contribution in [3.05, 3.63) is 64.7 Å². The summed E-state index contributed by atoms with van der Waals surface area (Å²) in [6.45, 7) is -3.06. The number of alkyl halides is 2. The van der Waals surface area contributed by atoms with Crippen LogP contribution in [-0.2, 0) is 11.3 Å². The summed E-state index contributed by atoms with van der Waals surface area (Å²) in [4.78, 5) is 13.6. The number of amides is 1. The largest absolute Gasteiger partial charge is 0.497 e. The van der Waals surface area contributed by atoms with Crippen LogP contribution in [0.15, 0.2) is 60.0 Å². The number of nitrogens with zero attached hydrogens (tertiary/aromatic N) is 2. The number of halogens is 2. The predicted molar refractivity (Wildman–Crippen MR) is 124 cm³/mol. The number of hydrogen-bond acceptors (Lipinski definition) is 6. The number of hydrogen-bond donors (Lipinski definition) is 2. The van der Waals surface area contributed by atoms with Crippen LogP contribution in [0.1, 0.15) is 0 Å². The molecule has 170 valence electrons. The Hall–Kier alpha value is -3.57. The number of ether oxygens (including phenoxy) is 2. The summed E-state index contributed by atoms with van der Waals surface area (Å²) in [5, 5.41) is 11.6. The molecule has 0 saturated heterocycles. The van der Waals surface area contributed by atoms with Crippen molar-refractivity contribution in [2.75, 3.05) is 12.4 Å². The van der Waals surface area contributed by atoms with Gasteiger partial charge in [0.1, 0.15) is 18.0 Å². The smallest absolute Gasteiger partial charge is 0.387 e. The Morgan fingerprint density at radius 1 is 1.24 bits per heavy atom. The van der Waals surface area contributed by atoms with Gasteiger partial charge in [-0.05, 0) is 59.6 Å². The first-order valence-corrected chi connectivity index (χ1v) is 11.0. The summed E-state index contributed by atoms with van der Waals surface area (Å²) in [5.74, 6) is 0.821. The second-order valence-electron chi connectivity index (χ2n) is 6.78. The summed E-state index contributed by atoms with van der Waals surface area (Å²) < 4.78 is 37.6. The number of H-pyrrole nitrogens is 1. The minimum atomic E-state index is -2.99. The number of carbonyl (C=O) groups is 1. The van der Waals surface area contributed by atoms with Gasteiger partial charge in [0.05, 0.1) is 12.0 Å². The molecule has 2 aromatic carbocycles. The van der Waals surface area contributed by atoms with Gasteiger partial charge in [0.2, 0.25) is 5.91 Å². The van der Waals surface area contributed by atoms with Crippen molar-refractivity contribution in [3.63, 3.8) is 0 Å². The van der Waals surface area contributed by atoms with Gasteiger partial charge in [0, 0.05) is 11.3 Å². The molecule has 0 aliphatic rings. The zero-order chi connectivity index (χ0) is 23.4. The van der Waals surface area contributed by atoms with Gasteiger partial charge in [-0.15, -0.1) is 11.3 Å². The first kappa shape index (κ1) is 22.6. The quantitative estimate of drug-likeness (QED) is 0.316. The Morgan fingerprint density at radius 2 is 2.03 bits per heavy atom. The Bertz CT molecular complexity index is 1300. The van der Waals surface area contributed by atoms with E-state index in [0.29, 0.717) is 33.2 Å². The van der Waals surface area contributed by atoms with E-state index in [-0.39, 0.29) is 18.2 Å². The minimum absolute atomic E-state index is 0.00907. The fraction of sp³-hybridized carbons (Fsp3) is 0.136. The number of methoxy groups -OCH3 is 1. The van der Waals surface area contributed by atoms with Crippen molar-refractivity contribution in [2.24, 2.45) is 0 Å². The molecule has 0 spiro atoms. The van der Waals surface area contributed by atoms with E-state index in [9.17, 15) is 13.6 Å². The molecule has 0 radical (unpaired) electrons. The SMILES string of the molecule is COc1ccc(-c2cc(NC(=O)Cn3c(-c4cccs4)n[nH]c3=S)ccc2OC(F)F)cc1. The molecule has 11 heteroatoms. The van der Waals surface area contributed by atoms with E-state index in [1.165, 1.54) is 30.6 Å². The van der Waals surface area contributed by atoms with Crippen LogP contribution in [0.25, 0.3) is 21.8 Å². The van der Waals surface area contributed by atoms with Crippen LogP contribution < -0.4 is 14.8 Å². The number of thiophene rings is 1. The molecule has 2 heterocycles. The third-order valence-corrected chi connectivity index (χ3v) is 5.86. The molecule has 4 aromatic rings. The molecule has 1 amide bonds. The van der Waals surface area contributed by atoms with E-state index >= 15 is 0 Å². The highest BCUT2D eigenvalue weighted by atomic mass is 32.1. The fourth-order valence-electron chi connectivity index (χ4n) is 3.21. The van der Waals surface area contributed by atoms with Crippen LogP contribution >= 0.6 is 23.6 Å². The maximum absolute atomic E-state index is 12.9. The molecular weight excluding hydrogens is 470 g/mol. The second-order valence-corrected chi connectivity index (χ2v) is 8.12. The number of benzene rings is 2. The van der Waals surface area contributed by atoms with Crippen LogP contribution in [0.3, 0.4) is 0 Å². The molecule has 0 bridgehead atoms. The number of carbonyl (C=O) groups excluding carboxylic acids is 1. The lowest BCUT2D eigenvalue weighted by Crippen LogP contribution is -2.19. The average Bonchev–Trinajstić information content (AvgIpc) is 3.45. The molecule has 0 aliphatic heterocycles. The summed E-state index contributed by atoms with van der Waals surface area (Å²) >= 11 is 6.74. The van der Waals surface area contributed by atoms with E-state index in [1.807, 2.05) is 17.5 Å². The minimum Gasteiger partial charge on any atom is -0.497 e. The molecule has 7 nitrogen and oxygen atoms in total. The van der Waals surface area contributed by atoms with Crippen molar-refractivity contribution >= 4 is 35.1 Å². The number of nitrogens with one attached hydrogen (secondary N) is 2. The first-order chi connectivity index (χ1) is 15.9. The zero-order valence-corrected chi connectivity index (χ0v) is 18.9.